The first-order valence-electron chi connectivity index (χ1n) is 8.45. The molecule has 1 saturated heterocycles. The number of halogens is 3. The van der Waals surface area contributed by atoms with Gasteiger partial charge in [0.1, 0.15) is 11.6 Å². The van der Waals surface area contributed by atoms with Crippen LogP contribution in [0.3, 0.4) is 0 Å². The van der Waals surface area contributed by atoms with Gasteiger partial charge < -0.3 is 4.90 Å². The van der Waals surface area contributed by atoms with Gasteiger partial charge in [0.05, 0.1) is 10.6 Å². The second kappa shape index (κ2) is 8.95. The number of carbonyl (C=O) groups excluding carboxylic acids is 1. The van der Waals surface area contributed by atoms with Crippen LogP contribution >= 0.6 is 11.6 Å². The standard InChI is InChI=1S/C18H18ClF2N3O3S/c19-17-10-15(22-28(26)27)1-2-16(17)18(25)24-5-3-23(4-6-24)11-12-7-13(20)9-14(21)8-12/h1-2,7-10,22H,3-6,11H2,(H,26,27). The van der Waals surface area contributed by atoms with Gasteiger partial charge in [0.15, 0.2) is 0 Å². The van der Waals surface area contributed by atoms with Gasteiger partial charge in [-0.1, -0.05) is 11.6 Å². The summed E-state index contributed by atoms with van der Waals surface area (Å²) in [7, 11) is 0. The monoisotopic (exact) mass is 429 g/mol. The van der Waals surface area contributed by atoms with E-state index in [0.717, 1.165) is 6.07 Å². The quantitative estimate of drug-likeness (QED) is 0.716. The number of hydrogen-bond donors (Lipinski definition) is 2. The highest BCUT2D eigenvalue weighted by atomic mass is 35.5. The van der Waals surface area contributed by atoms with E-state index in [9.17, 15) is 17.8 Å². The number of rotatable bonds is 5. The second-order valence-electron chi connectivity index (χ2n) is 6.39. The molecule has 28 heavy (non-hydrogen) atoms. The maximum atomic E-state index is 13.3. The molecule has 0 saturated carbocycles. The lowest BCUT2D eigenvalue weighted by atomic mass is 10.1. The zero-order valence-electron chi connectivity index (χ0n) is 14.7. The van der Waals surface area contributed by atoms with Crippen molar-refractivity contribution < 1.29 is 22.3 Å². The zero-order valence-corrected chi connectivity index (χ0v) is 16.3. The average Bonchev–Trinajstić information content (AvgIpc) is 2.60. The molecule has 1 unspecified atom stereocenters. The summed E-state index contributed by atoms with van der Waals surface area (Å²) in [6.45, 7) is 2.42. The first-order valence-corrected chi connectivity index (χ1v) is 9.94. The fourth-order valence-corrected chi connectivity index (χ4v) is 3.68. The number of piperazine rings is 1. The number of amides is 1. The van der Waals surface area contributed by atoms with Crippen molar-refractivity contribution in [3.05, 3.63) is 64.2 Å². The van der Waals surface area contributed by atoms with Crippen molar-refractivity contribution in [3.8, 4) is 0 Å². The largest absolute Gasteiger partial charge is 0.336 e. The molecule has 1 aliphatic rings. The molecular formula is C18H18ClF2N3O3S. The third-order valence-electron chi connectivity index (χ3n) is 4.39. The number of nitrogens with one attached hydrogen (secondary N) is 1. The number of hydrogen-bond acceptors (Lipinski definition) is 3. The maximum absolute atomic E-state index is 13.3. The van der Waals surface area contributed by atoms with E-state index in [1.54, 1.807) is 4.90 Å². The minimum absolute atomic E-state index is 0.179. The van der Waals surface area contributed by atoms with Gasteiger partial charge >= 0.3 is 0 Å². The Kier molecular flexibility index (Phi) is 6.61. The van der Waals surface area contributed by atoms with E-state index in [4.69, 9.17) is 16.2 Å². The molecule has 150 valence electrons. The van der Waals surface area contributed by atoms with Gasteiger partial charge in [-0.05, 0) is 35.9 Å². The number of anilines is 1. The Morgan fingerprint density at radius 2 is 1.75 bits per heavy atom. The molecule has 3 rings (SSSR count). The zero-order chi connectivity index (χ0) is 20.3. The highest BCUT2D eigenvalue weighted by molar-refractivity contribution is 7.80. The third kappa shape index (κ3) is 5.26. The van der Waals surface area contributed by atoms with Gasteiger partial charge in [0.25, 0.3) is 17.2 Å². The molecule has 2 aromatic carbocycles. The predicted molar refractivity (Wildman–Crippen MR) is 103 cm³/mol. The summed E-state index contributed by atoms with van der Waals surface area (Å²) in [6.07, 6.45) is 0. The van der Waals surface area contributed by atoms with Crippen LogP contribution in [0, 0.1) is 11.6 Å². The lowest BCUT2D eigenvalue weighted by molar-refractivity contribution is 0.0628. The summed E-state index contributed by atoms with van der Waals surface area (Å²) in [5, 5.41) is 0.179. The van der Waals surface area contributed by atoms with E-state index < -0.39 is 22.9 Å². The van der Waals surface area contributed by atoms with Gasteiger partial charge in [-0.2, -0.15) is 0 Å². The number of carbonyl (C=O) groups is 1. The third-order valence-corrected chi connectivity index (χ3v) is 5.12. The molecule has 0 spiro atoms. The van der Waals surface area contributed by atoms with Crippen molar-refractivity contribution in [2.75, 3.05) is 30.9 Å². The first kappa shape index (κ1) is 20.7. The number of benzene rings is 2. The summed E-state index contributed by atoms with van der Waals surface area (Å²) in [4.78, 5) is 16.4. The average molecular weight is 430 g/mol. The van der Waals surface area contributed by atoms with Crippen LogP contribution in [-0.4, -0.2) is 50.6 Å². The van der Waals surface area contributed by atoms with E-state index in [1.165, 1.54) is 30.3 Å². The second-order valence-corrected chi connectivity index (χ2v) is 7.50. The van der Waals surface area contributed by atoms with Crippen molar-refractivity contribution in [3.63, 3.8) is 0 Å². The van der Waals surface area contributed by atoms with Gasteiger partial charge in [0, 0.05) is 44.5 Å². The minimum atomic E-state index is -2.23. The Morgan fingerprint density at radius 3 is 2.32 bits per heavy atom. The molecule has 0 radical (unpaired) electrons. The van der Waals surface area contributed by atoms with Crippen LogP contribution in [-0.2, 0) is 17.8 Å². The fourth-order valence-electron chi connectivity index (χ4n) is 3.09. The van der Waals surface area contributed by atoms with Crippen molar-refractivity contribution in [2.45, 2.75) is 6.54 Å². The molecule has 0 aliphatic carbocycles. The van der Waals surface area contributed by atoms with Crippen LogP contribution in [0.2, 0.25) is 5.02 Å². The van der Waals surface area contributed by atoms with Gasteiger partial charge in [0.2, 0.25) is 0 Å². The smallest absolute Gasteiger partial charge is 0.259 e. The molecule has 6 nitrogen and oxygen atoms in total. The maximum Gasteiger partial charge on any atom is 0.259 e. The lowest BCUT2D eigenvalue weighted by Gasteiger charge is -2.35. The molecule has 1 amide bonds. The first-order chi connectivity index (χ1) is 13.3. The van der Waals surface area contributed by atoms with Crippen molar-refractivity contribution in [2.24, 2.45) is 0 Å². The molecule has 0 bridgehead atoms. The highest BCUT2D eigenvalue weighted by Crippen LogP contribution is 2.23. The Labute approximate surface area is 168 Å². The Hall–Kier alpha value is -2.07. The van der Waals surface area contributed by atoms with E-state index in [-0.39, 0.29) is 10.9 Å². The van der Waals surface area contributed by atoms with Gasteiger partial charge in [-0.25, -0.2) is 13.0 Å². The van der Waals surface area contributed by atoms with Crippen LogP contribution in [0.25, 0.3) is 0 Å². The van der Waals surface area contributed by atoms with Crippen LogP contribution in [0.15, 0.2) is 36.4 Å². The molecule has 1 heterocycles. The predicted octanol–water partition coefficient (Wildman–Crippen LogP) is 3.12. The highest BCUT2D eigenvalue weighted by Gasteiger charge is 2.24. The summed E-state index contributed by atoms with van der Waals surface area (Å²) < 4.78 is 48.5. The minimum Gasteiger partial charge on any atom is -0.336 e. The van der Waals surface area contributed by atoms with Crippen LogP contribution in [0.4, 0.5) is 14.5 Å². The topological polar surface area (TPSA) is 72.9 Å². The summed E-state index contributed by atoms with van der Waals surface area (Å²) in [6, 6.07) is 7.86. The fraction of sp³-hybridized carbons (Fsp3) is 0.278. The van der Waals surface area contributed by atoms with E-state index >= 15 is 0 Å². The Balaban J connectivity index is 1.60. The van der Waals surface area contributed by atoms with Crippen LogP contribution < -0.4 is 4.72 Å². The van der Waals surface area contributed by atoms with Gasteiger partial charge in [-0.15, -0.1) is 0 Å². The summed E-state index contributed by atoms with van der Waals surface area (Å²) in [5.74, 6) is -1.46. The van der Waals surface area contributed by atoms with Crippen molar-refractivity contribution in [1.82, 2.24) is 9.80 Å². The molecular weight excluding hydrogens is 412 g/mol. The van der Waals surface area contributed by atoms with Crippen LogP contribution in [0.5, 0.6) is 0 Å². The molecule has 10 heteroatoms. The Bertz CT molecular complexity index is 887. The SMILES string of the molecule is O=C(c1ccc(NS(=O)O)cc1Cl)N1CCN(Cc2cc(F)cc(F)c2)CC1. The van der Waals surface area contributed by atoms with Gasteiger partial charge in [-0.3, -0.25) is 19.0 Å². The normalized spacial score (nSPS) is 16.1. The van der Waals surface area contributed by atoms with E-state index in [1.807, 2.05) is 4.90 Å². The summed E-state index contributed by atoms with van der Waals surface area (Å²) in [5.41, 5.74) is 1.18. The number of nitrogens with zero attached hydrogens (tertiary/aromatic N) is 2. The molecule has 1 fully saturated rings. The molecule has 0 aromatic heterocycles. The molecule has 1 atom stereocenters. The molecule has 2 N–H and O–H groups in total. The Morgan fingerprint density at radius 1 is 1.11 bits per heavy atom. The molecule has 2 aromatic rings. The van der Waals surface area contributed by atoms with Crippen molar-refractivity contribution in [1.29, 1.82) is 0 Å². The van der Waals surface area contributed by atoms with Crippen LogP contribution in [0.1, 0.15) is 15.9 Å². The summed E-state index contributed by atoms with van der Waals surface area (Å²) >= 11 is 3.92. The van der Waals surface area contributed by atoms with E-state index in [0.29, 0.717) is 49.5 Å². The lowest BCUT2D eigenvalue weighted by Crippen LogP contribution is -2.48. The van der Waals surface area contributed by atoms with E-state index in [2.05, 4.69) is 4.72 Å². The van der Waals surface area contributed by atoms with Crippen molar-refractivity contribution >= 4 is 34.5 Å². The molecule has 1 aliphatic heterocycles.